The van der Waals surface area contributed by atoms with Crippen LogP contribution >= 0.6 is 0 Å². The zero-order valence-corrected chi connectivity index (χ0v) is 12.4. The number of hydrogen-bond donors (Lipinski definition) is 1. The average molecular weight is 307 g/mol. The van der Waals surface area contributed by atoms with Crippen molar-refractivity contribution in [1.82, 2.24) is 5.32 Å². The molecule has 1 amide bonds. The molecule has 0 spiro atoms. The predicted octanol–water partition coefficient (Wildman–Crippen LogP) is -0.257. The van der Waals surface area contributed by atoms with Gasteiger partial charge in [-0.25, -0.2) is 4.79 Å². The van der Waals surface area contributed by atoms with Crippen LogP contribution in [0.3, 0.4) is 0 Å². The topological polar surface area (TPSA) is 98.8 Å². The third-order valence-electron chi connectivity index (χ3n) is 4.89. The summed E-state index contributed by atoms with van der Waals surface area (Å²) in [5.74, 6) is -4.40. The first-order chi connectivity index (χ1) is 10.5. The normalized spacial score (nSPS) is 37.9. The predicted molar refractivity (Wildman–Crippen MR) is 72.3 cm³/mol. The molecule has 0 aromatic heterocycles. The molecule has 2 bridgehead atoms. The second-order valence-electron chi connectivity index (χ2n) is 5.67. The van der Waals surface area contributed by atoms with Crippen molar-refractivity contribution in [2.24, 2.45) is 17.3 Å². The maximum absolute atomic E-state index is 12.6. The maximum Gasteiger partial charge on any atom is 0.334 e. The number of rotatable bonds is 4. The van der Waals surface area contributed by atoms with Crippen molar-refractivity contribution in [2.75, 3.05) is 13.2 Å². The van der Waals surface area contributed by atoms with E-state index in [1.165, 1.54) is 0 Å². The van der Waals surface area contributed by atoms with Crippen molar-refractivity contribution in [3.63, 3.8) is 0 Å². The molecule has 3 aliphatic rings. The van der Waals surface area contributed by atoms with Gasteiger partial charge in [-0.1, -0.05) is 12.2 Å². The van der Waals surface area contributed by atoms with Crippen LogP contribution in [0.2, 0.25) is 0 Å². The number of nitrogens with one attached hydrogen (secondary N) is 1. The summed E-state index contributed by atoms with van der Waals surface area (Å²) in [5.41, 5.74) is -3.52. The Labute approximate surface area is 127 Å². The molecule has 1 aliphatic heterocycles. The fourth-order valence-electron chi connectivity index (χ4n) is 4.14. The summed E-state index contributed by atoms with van der Waals surface area (Å²) >= 11 is 0. The van der Waals surface area contributed by atoms with Gasteiger partial charge in [-0.05, 0) is 20.3 Å². The van der Waals surface area contributed by atoms with Crippen LogP contribution in [0.5, 0.6) is 0 Å². The minimum atomic E-state index is -1.84. The third kappa shape index (κ3) is 1.36. The fourth-order valence-corrected chi connectivity index (χ4v) is 4.14. The van der Waals surface area contributed by atoms with Gasteiger partial charge in [0.1, 0.15) is 0 Å². The van der Waals surface area contributed by atoms with E-state index in [0.29, 0.717) is 6.42 Å². The van der Waals surface area contributed by atoms with Gasteiger partial charge >= 0.3 is 11.9 Å². The summed E-state index contributed by atoms with van der Waals surface area (Å²) in [6.45, 7) is 3.38. The summed E-state index contributed by atoms with van der Waals surface area (Å²) in [5, 5.41) is 2.46. The lowest BCUT2D eigenvalue weighted by Gasteiger charge is -2.40. The van der Waals surface area contributed by atoms with Crippen LogP contribution in [0, 0.1) is 17.3 Å². The highest BCUT2D eigenvalue weighted by Crippen LogP contribution is 2.62. The van der Waals surface area contributed by atoms with Crippen molar-refractivity contribution in [1.29, 1.82) is 0 Å². The molecular weight excluding hydrogens is 290 g/mol. The summed E-state index contributed by atoms with van der Waals surface area (Å²) in [4.78, 5) is 49.8. The molecule has 0 unspecified atom stereocenters. The van der Waals surface area contributed by atoms with Crippen LogP contribution in [-0.2, 0) is 28.7 Å². The lowest BCUT2D eigenvalue weighted by Crippen LogP contribution is -2.65. The Kier molecular flexibility index (Phi) is 3.12. The molecule has 1 heterocycles. The molecule has 118 valence electrons. The van der Waals surface area contributed by atoms with Crippen LogP contribution in [-0.4, -0.2) is 42.4 Å². The van der Waals surface area contributed by atoms with Crippen molar-refractivity contribution in [2.45, 2.75) is 25.8 Å². The molecule has 0 radical (unpaired) electrons. The second-order valence-corrected chi connectivity index (χ2v) is 5.67. The van der Waals surface area contributed by atoms with E-state index in [-0.39, 0.29) is 13.2 Å². The van der Waals surface area contributed by atoms with Crippen molar-refractivity contribution >= 4 is 23.6 Å². The SMILES string of the molecule is CCOC(=O)[C@@]12C(=O)C(=O)N[C@]1(C(=O)OCC)[C@H]1C=C[C@@H]2C1. The van der Waals surface area contributed by atoms with Gasteiger partial charge in [0.05, 0.1) is 13.2 Å². The molecule has 7 nitrogen and oxygen atoms in total. The number of carbonyl (C=O) groups is 4. The Hall–Kier alpha value is -2.18. The number of amides is 1. The Morgan fingerprint density at radius 1 is 1.14 bits per heavy atom. The van der Waals surface area contributed by atoms with E-state index in [0.717, 1.165) is 0 Å². The number of Topliss-reactive ketones (excluding diaryl/α,β-unsaturated/α-hetero) is 1. The van der Waals surface area contributed by atoms with Gasteiger partial charge in [0.25, 0.3) is 5.91 Å². The van der Waals surface area contributed by atoms with Crippen LogP contribution in [0.4, 0.5) is 0 Å². The second kappa shape index (κ2) is 4.66. The molecule has 0 aromatic rings. The zero-order chi connectivity index (χ0) is 16.1. The molecule has 1 saturated carbocycles. The molecule has 1 saturated heterocycles. The van der Waals surface area contributed by atoms with Gasteiger partial charge in [0.15, 0.2) is 11.0 Å². The Morgan fingerprint density at radius 2 is 1.73 bits per heavy atom. The first kappa shape index (κ1) is 14.7. The Bertz CT molecular complexity index is 611. The summed E-state index contributed by atoms with van der Waals surface area (Å²) in [7, 11) is 0. The standard InChI is InChI=1S/C15H17NO6/c1-3-21-12(19)14-8-5-6-9(7-8)15(14,13(20)22-4-2)16-11(18)10(14)17/h5-6,8-9H,3-4,7H2,1-2H3,(H,16,18)/t8-,9+,14-,15+/m1/s1. The van der Waals surface area contributed by atoms with E-state index in [4.69, 9.17) is 9.47 Å². The first-order valence-corrected chi connectivity index (χ1v) is 7.36. The number of allylic oxidation sites excluding steroid dienone is 1. The van der Waals surface area contributed by atoms with E-state index < -0.39 is 46.4 Å². The Morgan fingerprint density at radius 3 is 2.36 bits per heavy atom. The highest BCUT2D eigenvalue weighted by atomic mass is 16.5. The number of ether oxygens (including phenoxy) is 2. The Balaban J connectivity index is 2.21. The molecule has 2 fully saturated rings. The molecule has 3 rings (SSSR count). The van der Waals surface area contributed by atoms with Gasteiger partial charge in [0, 0.05) is 11.8 Å². The van der Waals surface area contributed by atoms with Crippen LogP contribution in [0.25, 0.3) is 0 Å². The minimum absolute atomic E-state index is 0.0576. The van der Waals surface area contributed by atoms with Crippen LogP contribution < -0.4 is 5.32 Å². The van der Waals surface area contributed by atoms with Crippen LogP contribution in [0.1, 0.15) is 20.3 Å². The lowest BCUT2D eigenvalue weighted by molar-refractivity contribution is -0.174. The highest BCUT2D eigenvalue weighted by molar-refractivity contribution is 6.47. The number of carbonyl (C=O) groups excluding carboxylic acids is 4. The third-order valence-corrected chi connectivity index (χ3v) is 4.89. The molecule has 7 heteroatoms. The van der Waals surface area contributed by atoms with E-state index >= 15 is 0 Å². The van der Waals surface area contributed by atoms with Gasteiger partial charge in [-0.15, -0.1) is 0 Å². The largest absolute Gasteiger partial charge is 0.465 e. The van der Waals surface area contributed by atoms with E-state index in [2.05, 4.69) is 5.32 Å². The van der Waals surface area contributed by atoms with Crippen LogP contribution in [0.15, 0.2) is 12.2 Å². The van der Waals surface area contributed by atoms with E-state index in [9.17, 15) is 19.2 Å². The highest BCUT2D eigenvalue weighted by Gasteiger charge is 2.83. The number of hydrogen-bond acceptors (Lipinski definition) is 6. The maximum atomic E-state index is 12.6. The number of esters is 2. The molecular formula is C15H17NO6. The number of ketones is 1. The smallest absolute Gasteiger partial charge is 0.334 e. The number of fused-ring (bicyclic) bond motifs is 5. The average Bonchev–Trinajstić information content (AvgIpc) is 3.11. The quantitative estimate of drug-likeness (QED) is 0.332. The van der Waals surface area contributed by atoms with Gasteiger partial charge in [0.2, 0.25) is 5.78 Å². The minimum Gasteiger partial charge on any atom is -0.465 e. The summed E-state index contributed by atoms with van der Waals surface area (Å²) < 4.78 is 10.1. The van der Waals surface area contributed by atoms with Gasteiger partial charge in [-0.3, -0.25) is 14.4 Å². The monoisotopic (exact) mass is 307 g/mol. The van der Waals surface area contributed by atoms with Gasteiger partial charge < -0.3 is 14.8 Å². The van der Waals surface area contributed by atoms with E-state index in [1.54, 1.807) is 26.0 Å². The van der Waals surface area contributed by atoms with E-state index in [1.807, 2.05) is 0 Å². The van der Waals surface area contributed by atoms with Gasteiger partial charge in [-0.2, -0.15) is 0 Å². The summed E-state index contributed by atoms with van der Waals surface area (Å²) in [6, 6.07) is 0. The zero-order valence-electron chi connectivity index (χ0n) is 12.4. The molecule has 4 atom stereocenters. The van der Waals surface area contributed by atoms with Crippen molar-refractivity contribution < 1.29 is 28.7 Å². The molecule has 22 heavy (non-hydrogen) atoms. The first-order valence-electron chi connectivity index (χ1n) is 7.36. The summed E-state index contributed by atoms with van der Waals surface area (Å²) in [6.07, 6.45) is 3.92. The fraction of sp³-hybridized carbons (Fsp3) is 0.600. The lowest BCUT2D eigenvalue weighted by atomic mass is 9.63. The van der Waals surface area contributed by atoms with Crippen molar-refractivity contribution in [3.05, 3.63) is 12.2 Å². The molecule has 2 aliphatic carbocycles. The molecule has 0 aromatic carbocycles. The van der Waals surface area contributed by atoms with Crippen molar-refractivity contribution in [3.8, 4) is 0 Å². The molecule has 1 N–H and O–H groups in total.